The first-order valence-corrected chi connectivity index (χ1v) is 8.63. The van der Waals surface area contributed by atoms with E-state index < -0.39 is 0 Å². The van der Waals surface area contributed by atoms with Gasteiger partial charge in [-0.1, -0.05) is 36.4 Å². The summed E-state index contributed by atoms with van der Waals surface area (Å²) in [6.45, 7) is 1.09. The largest absolute Gasteiger partial charge is 0.497 e. The molecule has 3 aromatic carbocycles. The molecule has 0 unspecified atom stereocenters. The molecule has 0 N–H and O–H groups in total. The highest BCUT2D eigenvalue weighted by Gasteiger charge is 2.13. The molecule has 0 heterocycles. The first-order chi connectivity index (χ1) is 12.6. The van der Waals surface area contributed by atoms with Crippen molar-refractivity contribution in [2.24, 2.45) is 0 Å². The molecule has 0 spiro atoms. The van der Waals surface area contributed by atoms with Crippen molar-refractivity contribution < 1.29 is 9.53 Å². The number of hydrogen-bond acceptors (Lipinski definition) is 3. The summed E-state index contributed by atoms with van der Waals surface area (Å²) < 4.78 is 5.27. The van der Waals surface area contributed by atoms with Crippen LogP contribution in [0.2, 0.25) is 0 Å². The maximum Gasteiger partial charge on any atom is 0.240 e. The number of amides is 1. The lowest BCUT2D eigenvalue weighted by molar-refractivity contribution is -0.119. The third kappa shape index (κ3) is 4.21. The van der Waals surface area contributed by atoms with Crippen LogP contribution in [0.15, 0.2) is 66.7 Å². The number of anilines is 1. The number of para-hydroxylation sites is 1. The Labute approximate surface area is 154 Å². The SMILES string of the molecule is COc1ccc2cc(CN(C)CC(=O)N(C)c3ccccc3)ccc2c1. The topological polar surface area (TPSA) is 32.8 Å². The van der Waals surface area contributed by atoms with E-state index in [2.05, 4.69) is 24.3 Å². The molecule has 0 saturated heterocycles. The smallest absolute Gasteiger partial charge is 0.240 e. The average molecular weight is 348 g/mol. The Morgan fingerprint density at radius 2 is 1.62 bits per heavy atom. The molecule has 0 radical (unpaired) electrons. The summed E-state index contributed by atoms with van der Waals surface area (Å²) in [4.78, 5) is 16.2. The minimum absolute atomic E-state index is 0.0734. The second-order valence-electron chi connectivity index (χ2n) is 6.51. The van der Waals surface area contributed by atoms with Gasteiger partial charge in [0.05, 0.1) is 13.7 Å². The number of nitrogens with zero attached hydrogens (tertiary/aromatic N) is 2. The lowest BCUT2D eigenvalue weighted by atomic mass is 10.1. The molecule has 0 aromatic heterocycles. The lowest BCUT2D eigenvalue weighted by Crippen LogP contribution is -2.36. The highest BCUT2D eigenvalue weighted by Crippen LogP contribution is 2.22. The number of fused-ring (bicyclic) bond motifs is 1. The molecule has 4 heteroatoms. The maximum atomic E-state index is 12.5. The zero-order valence-corrected chi connectivity index (χ0v) is 15.5. The number of methoxy groups -OCH3 is 1. The molecular weight excluding hydrogens is 324 g/mol. The van der Waals surface area contributed by atoms with Crippen LogP contribution in [0.3, 0.4) is 0 Å². The van der Waals surface area contributed by atoms with Crippen LogP contribution in [-0.4, -0.2) is 38.6 Å². The number of hydrogen-bond donors (Lipinski definition) is 0. The Bertz CT molecular complexity index is 893. The molecule has 0 aliphatic carbocycles. The van der Waals surface area contributed by atoms with Gasteiger partial charge in [-0.15, -0.1) is 0 Å². The van der Waals surface area contributed by atoms with Crippen molar-refractivity contribution in [3.05, 3.63) is 72.3 Å². The maximum absolute atomic E-state index is 12.5. The Kier molecular flexibility index (Phi) is 5.54. The molecule has 0 saturated carbocycles. The van der Waals surface area contributed by atoms with E-state index in [1.807, 2.05) is 61.5 Å². The molecule has 134 valence electrons. The fourth-order valence-corrected chi connectivity index (χ4v) is 3.00. The molecule has 0 fully saturated rings. The summed E-state index contributed by atoms with van der Waals surface area (Å²) in [7, 11) is 5.46. The van der Waals surface area contributed by atoms with E-state index in [0.717, 1.165) is 23.4 Å². The zero-order valence-electron chi connectivity index (χ0n) is 15.5. The van der Waals surface area contributed by atoms with Crippen molar-refractivity contribution in [3.8, 4) is 5.75 Å². The van der Waals surface area contributed by atoms with Crippen LogP contribution in [0.1, 0.15) is 5.56 Å². The van der Waals surface area contributed by atoms with Crippen molar-refractivity contribution in [3.63, 3.8) is 0 Å². The number of rotatable bonds is 6. The van der Waals surface area contributed by atoms with Gasteiger partial charge in [-0.25, -0.2) is 0 Å². The fraction of sp³-hybridized carbons (Fsp3) is 0.227. The Hall–Kier alpha value is -2.85. The first-order valence-electron chi connectivity index (χ1n) is 8.63. The summed E-state index contributed by atoms with van der Waals surface area (Å²) in [5, 5.41) is 2.32. The van der Waals surface area contributed by atoms with Crippen LogP contribution >= 0.6 is 0 Å². The van der Waals surface area contributed by atoms with Crippen LogP contribution in [0.5, 0.6) is 5.75 Å². The van der Waals surface area contributed by atoms with Crippen LogP contribution in [-0.2, 0) is 11.3 Å². The number of carbonyl (C=O) groups is 1. The summed E-state index contributed by atoms with van der Waals surface area (Å²) in [6, 6.07) is 22.1. The number of ether oxygens (including phenoxy) is 1. The minimum Gasteiger partial charge on any atom is -0.497 e. The summed E-state index contributed by atoms with van der Waals surface area (Å²) in [6.07, 6.45) is 0. The predicted octanol–water partition coefficient (Wildman–Crippen LogP) is 3.94. The molecule has 3 rings (SSSR count). The lowest BCUT2D eigenvalue weighted by Gasteiger charge is -2.22. The highest BCUT2D eigenvalue weighted by molar-refractivity contribution is 5.94. The fourth-order valence-electron chi connectivity index (χ4n) is 3.00. The number of likely N-dealkylation sites (N-methyl/N-ethyl adjacent to an activating group) is 2. The summed E-state index contributed by atoms with van der Waals surface area (Å²) in [5.41, 5.74) is 2.09. The van der Waals surface area contributed by atoms with Gasteiger partial charge in [0, 0.05) is 19.3 Å². The molecule has 0 atom stereocenters. The monoisotopic (exact) mass is 348 g/mol. The van der Waals surface area contributed by atoms with Gasteiger partial charge in [-0.3, -0.25) is 9.69 Å². The van der Waals surface area contributed by atoms with Crippen LogP contribution in [0.25, 0.3) is 10.8 Å². The Morgan fingerprint density at radius 1 is 0.923 bits per heavy atom. The van der Waals surface area contributed by atoms with Gasteiger partial charge < -0.3 is 9.64 Å². The predicted molar refractivity (Wildman–Crippen MR) is 107 cm³/mol. The van der Waals surface area contributed by atoms with E-state index in [1.54, 1.807) is 12.0 Å². The van der Waals surface area contributed by atoms with Crippen molar-refractivity contribution in [2.75, 3.05) is 32.6 Å². The zero-order chi connectivity index (χ0) is 18.5. The van der Waals surface area contributed by atoms with Gasteiger partial charge in [0.1, 0.15) is 5.75 Å². The van der Waals surface area contributed by atoms with Gasteiger partial charge in [-0.05, 0) is 53.7 Å². The van der Waals surface area contributed by atoms with E-state index in [-0.39, 0.29) is 5.91 Å². The van der Waals surface area contributed by atoms with Gasteiger partial charge in [0.25, 0.3) is 0 Å². The second kappa shape index (κ2) is 8.02. The van der Waals surface area contributed by atoms with E-state index in [4.69, 9.17) is 4.74 Å². The average Bonchev–Trinajstić information content (AvgIpc) is 2.67. The molecule has 0 bridgehead atoms. The molecule has 0 aliphatic rings. The highest BCUT2D eigenvalue weighted by atomic mass is 16.5. The van der Waals surface area contributed by atoms with Gasteiger partial charge in [0.15, 0.2) is 0 Å². The van der Waals surface area contributed by atoms with Gasteiger partial charge in [0.2, 0.25) is 5.91 Å². The molecule has 4 nitrogen and oxygen atoms in total. The second-order valence-corrected chi connectivity index (χ2v) is 6.51. The number of benzene rings is 3. The van der Waals surface area contributed by atoms with Crippen LogP contribution in [0, 0.1) is 0 Å². The summed E-state index contributed by atoms with van der Waals surface area (Å²) in [5.74, 6) is 0.932. The quantitative estimate of drug-likeness (QED) is 0.676. The minimum atomic E-state index is 0.0734. The van der Waals surface area contributed by atoms with Crippen molar-refractivity contribution in [1.29, 1.82) is 0 Å². The van der Waals surface area contributed by atoms with E-state index in [1.165, 1.54) is 10.9 Å². The number of carbonyl (C=O) groups excluding carboxylic acids is 1. The summed E-state index contributed by atoms with van der Waals surface area (Å²) >= 11 is 0. The Balaban J connectivity index is 1.65. The van der Waals surface area contributed by atoms with Crippen LogP contribution in [0.4, 0.5) is 5.69 Å². The molecule has 3 aromatic rings. The third-order valence-corrected chi connectivity index (χ3v) is 4.49. The standard InChI is InChI=1S/C22H24N2O2/c1-23(16-22(25)24(2)20-7-5-4-6-8-20)15-17-9-10-19-14-21(26-3)12-11-18(19)13-17/h4-14H,15-16H2,1-3H3. The normalized spacial score (nSPS) is 10.9. The third-order valence-electron chi connectivity index (χ3n) is 4.49. The van der Waals surface area contributed by atoms with Crippen molar-refractivity contribution >= 4 is 22.4 Å². The molecular formula is C22H24N2O2. The van der Waals surface area contributed by atoms with Crippen molar-refractivity contribution in [2.45, 2.75) is 6.54 Å². The van der Waals surface area contributed by atoms with Crippen LogP contribution < -0.4 is 9.64 Å². The van der Waals surface area contributed by atoms with E-state index in [9.17, 15) is 4.79 Å². The van der Waals surface area contributed by atoms with E-state index in [0.29, 0.717) is 6.54 Å². The molecule has 1 amide bonds. The first kappa shape index (κ1) is 18.0. The molecule has 0 aliphatic heterocycles. The van der Waals surface area contributed by atoms with Crippen molar-refractivity contribution in [1.82, 2.24) is 4.90 Å². The van der Waals surface area contributed by atoms with E-state index >= 15 is 0 Å². The Morgan fingerprint density at radius 3 is 2.35 bits per heavy atom. The van der Waals surface area contributed by atoms with Gasteiger partial charge in [-0.2, -0.15) is 0 Å². The molecule has 26 heavy (non-hydrogen) atoms. The van der Waals surface area contributed by atoms with Gasteiger partial charge >= 0.3 is 0 Å².